The maximum atomic E-state index is 10.4. The zero-order valence-electron chi connectivity index (χ0n) is 5.96. The molecule has 0 aromatic heterocycles. The van der Waals surface area contributed by atoms with Crippen LogP contribution in [0.5, 0.6) is 0 Å². The Hall–Kier alpha value is -0.610. The smallest absolute Gasteiger partial charge is 0.258 e. The average molecular weight is 250 g/mol. The van der Waals surface area contributed by atoms with E-state index in [1.807, 2.05) is 0 Å². The number of nitro benzene ring substituents is 1. The number of halogens is 2. The number of benzene rings is 1. The van der Waals surface area contributed by atoms with Gasteiger partial charge in [-0.05, 0) is 27.6 Å². The van der Waals surface area contributed by atoms with E-state index in [9.17, 15) is 10.1 Å². The molecule has 1 rings (SSSR count). The minimum Gasteiger partial charge on any atom is -0.258 e. The van der Waals surface area contributed by atoms with E-state index in [1.165, 1.54) is 6.07 Å². The van der Waals surface area contributed by atoms with Crippen molar-refractivity contribution in [2.75, 3.05) is 0 Å². The standard InChI is InChI=1S/C7H5BrClNO2/c8-6-3-5(4-9)1-2-7(6)10(11)12/h1-3H,4H2. The largest absolute Gasteiger partial charge is 0.283 e. The Morgan fingerprint density at radius 2 is 2.25 bits per heavy atom. The zero-order valence-corrected chi connectivity index (χ0v) is 8.30. The van der Waals surface area contributed by atoms with Gasteiger partial charge in [-0.3, -0.25) is 10.1 Å². The molecule has 0 unspecified atom stereocenters. The van der Waals surface area contributed by atoms with Crippen molar-refractivity contribution in [3.05, 3.63) is 38.3 Å². The van der Waals surface area contributed by atoms with E-state index in [2.05, 4.69) is 15.9 Å². The minimum absolute atomic E-state index is 0.0591. The molecule has 1 aromatic rings. The summed E-state index contributed by atoms with van der Waals surface area (Å²) in [5, 5.41) is 10.4. The lowest BCUT2D eigenvalue weighted by Crippen LogP contribution is -1.89. The van der Waals surface area contributed by atoms with Crippen molar-refractivity contribution in [2.45, 2.75) is 5.88 Å². The predicted octanol–water partition coefficient (Wildman–Crippen LogP) is 3.10. The third kappa shape index (κ3) is 1.95. The summed E-state index contributed by atoms with van der Waals surface area (Å²) in [5.74, 6) is 0.358. The molecule has 0 heterocycles. The van der Waals surface area contributed by atoms with Gasteiger partial charge in [0.05, 0.1) is 9.40 Å². The van der Waals surface area contributed by atoms with Gasteiger partial charge in [0, 0.05) is 11.9 Å². The predicted molar refractivity (Wildman–Crippen MR) is 50.4 cm³/mol. The van der Waals surface area contributed by atoms with Crippen molar-refractivity contribution >= 4 is 33.2 Å². The van der Waals surface area contributed by atoms with Crippen LogP contribution in [0.3, 0.4) is 0 Å². The van der Waals surface area contributed by atoms with Crippen molar-refractivity contribution in [3.8, 4) is 0 Å². The van der Waals surface area contributed by atoms with Crippen LogP contribution in [0.25, 0.3) is 0 Å². The summed E-state index contributed by atoms with van der Waals surface area (Å²) in [7, 11) is 0. The van der Waals surface area contributed by atoms with Crippen molar-refractivity contribution in [1.29, 1.82) is 0 Å². The van der Waals surface area contributed by atoms with E-state index in [1.54, 1.807) is 12.1 Å². The quantitative estimate of drug-likeness (QED) is 0.460. The SMILES string of the molecule is O=[N+]([O-])c1ccc(CCl)cc1Br. The van der Waals surface area contributed by atoms with Gasteiger partial charge in [0.15, 0.2) is 0 Å². The normalized spacial score (nSPS) is 9.83. The molecule has 5 heteroatoms. The third-order valence-corrected chi connectivity index (χ3v) is 2.31. The van der Waals surface area contributed by atoms with Gasteiger partial charge in [-0.1, -0.05) is 6.07 Å². The Labute approximate surface area is 82.6 Å². The fourth-order valence-corrected chi connectivity index (χ4v) is 1.52. The summed E-state index contributed by atoms with van der Waals surface area (Å²) in [6.45, 7) is 0. The molecule has 0 radical (unpaired) electrons. The summed E-state index contributed by atoms with van der Waals surface area (Å²) < 4.78 is 0.464. The Balaban J connectivity index is 3.12. The maximum absolute atomic E-state index is 10.4. The van der Waals surface area contributed by atoms with Crippen LogP contribution in [0.15, 0.2) is 22.7 Å². The zero-order chi connectivity index (χ0) is 9.14. The topological polar surface area (TPSA) is 43.1 Å². The first-order chi connectivity index (χ1) is 5.65. The number of nitrogens with zero attached hydrogens (tertiary/aromatic N) is 1. The van der Waals surface area contributed by atoms with Crippen molar-refractivity contribution < 1.29 is 4.92 Å². The Bertz CT molecular complexity index is 316. The maximum Gasteiger partial charge on any atom is 0.283 e. The van der Waals surface area contributed by atoms with E-state index in [0.717, 1.165) is 5.56 Å². The lowest BCUT2D eigenvalue weighted by atomic mass is 10.2. The van der Waals surface area contributed by atoms with Crippen LogP contribution >= 0.6 is 27.5 Å². The molecular formula is C7H5BrClNO2. The van der Waals surface area contributed by atoms with Crippen LogP contribution in [-0.4, -0.2) is 4.92 Å². The van der Waals surface area contributed by atoms with Crippen LogP contribution < -0.4 is 0 Å². The van der Waals surface area contributed by atoms with Gasteiger partial charge in [-0.15, -0.1) is 11.6 Å². The average Bonchev–Trinajstić information content (AvgIpc) is 2.03. The van der Waals surface area contributed by atoms with Crippen molar-refractivity contribution in [2.24, 2.45) is 0 Å². The second-order valence-electron chi connectivity index (χ2n) is 2.18. The molecule has 0 saturated heterocycles. The molecule has 0 atom stereocenters. The van der Waals surface area contributed by atoms with Gasteiger partial charge in [0.1, 0.15) is 0 Å². The van der Waals surface area contributed by atoms with Crippen LogP contribution in [0.1, 0.15) is 5.56 Å². The molecule has 0 fully saturated rings. The molecule has 0 aliphatic heterocycles. The third-order valence-electron chi connectivity index (χ3n) is 1.36. The van der Waals surface area contributed by atoms with E-state index >= 15 is 0 Å². The number of alkyl halides is 1. The molecule has 1 aromatic carbocycles. The molecule has 0 saturated carbocycles. The second kappa shape index (κ2) is 3.87. The van der Waals surface area contributed by atoms with Crippen molar-refractivity contribution in [3.63, 3.8) is 0 Å². The fourth-order valence-electron chi connectivity index (χ4n) is 0.782. The fraction of sp³-hybridized carbons (Fsp3) is 0.143. The van der Waals surface area contributed by atoms with Crippen LogP contribution in [0.4, 0.5) is 5.69 Å². The Kier molecular flexibility index (Phi) is 3.05. The Morgan fingerprint density at radius 1 is 1.58 bits per heavy atom. The first-order valence-corrected chi connectivity index (χ1v) is 4.46. The first kappa shape index (κ1) is 9.48. The van der Waals surface area contributed by atoms with E-state index in [0.29, 0.717) is 10.4 Å². The van der Waals surface area contributed by atoms with Crippen LogP contribution in [0, 0.1) is 10.1 Å². The summed E-state index contributed by atoms with van der Waals surface area (Å²) in [5.41, 5.74) is 0.915. The molecule has 12 heavy (non-hydrogen) atoms. The van der Waals surface area contributed by atoms with Crippen LogP contribution in [0.2, 0.25) is 0 Å². The first-order valence-electron chi connectivity index (χ1n) is 3.14. The summed E-state index contributed by atoms with van der Waals surface area (Å²) in [4.78, 5) is 9.92. The van der Waals surface area contributed by atoms with E-state index < -0.39 is 4.92 Å². The van der Waals surface area contributed by atoms with Gasteiger partial charge in [-0.2, -0.15) is 0 Å². The highest BCUT2D eigenvalue weighted by atomic mass is 79.9. The second-order valence-corrected chi connectivity index (χ2v) is 3.30. The number of hydrogen-bond acceptors (Lipinski definition) is 2. The summed E-state index contributed by atoms with van der Waals surface area (Å²) in [6.07, 6.45) is 0. The van der Waals surface area contributed by atoms with Gasteiger partial charge in [0.2, 0.25) is 0 Å². The van der Waals surface area contributed by atoms with E-state index in [4.69, 9.17) is 11.6 Å². The molecule has 0 amide bonds. The molecule has 64 valence electrons. The van der Waals surface area contributed by atoms with Gasteiger partial charge in [-0.25, -0.2) is 0 Å². The molecule has 0 N–H and O–H groups in total. The van der Waals surface area contributed by atoms with Gasteiger partial charge >= 0.3 is 0 Å². The highest BCUT2D eigenvalue weighted by Gasteiger charge is 2.10. The van der Waals surface area contributed by atoms with Crippen LogP contribution in [-0.2, 0) is 5.88 Å². The number of nitro groups is 1. The monoisotopic (exact) mass is 249 g/mol. The molecular weight excluding hydrogens is 245 g/mol. The van der Waals surface area contributed by atoms with E-state index in [-0.39, 0.29) is 5.69 Å². The molecule has 0 aliphatic rings. The lowest BCUT2D eigenvalue weighted by Gasteiger charge is -1.97. The highest BCUT2D eigenvalue weighted by molar-refractivity contribution is 9.10. The minimum atomic E-state index is -0.442. The van der Waals surface area contributed by atoms with Gasteiger partial charge in [0.25, 0.3) is 5.69 Å². The molecule has 0 bridgehead atoms. The molecule has 0 aliphatic carbocycles. The number of hydrogen-bond donors (Lipinski definition) is 0. The van der Waals surface area contributed by atoms with Crippen molar-refractivity contribution in [1.82, 2.24) is 0 Å². The highest BCUT2D eigenvalue weighted by Crippen LogP contribution is 2.25. The number of rotatable bonds is 2. The molecule has 3 nitrogen and oxygen atoms in total. The summed E-state index contributed by atoms with van der Waals surface area (Å²) >= 11 is 8.63. The lowest BCUT2D eigenvalue weighted by molar-refractivity contribution is -0.385. The van der Waals surface area contributed by atoms with Gasteiger partial charge < -0.3 is 0 Å². The Morgan fingerprint density at radius 3 is 2.67 bits per heavy atom. The molecule has 0 spiro atoms. The summed E-state index contributed by atoms with van der Waals surface area (Å²) in [6, 6.07) is 4.71.